The monoisotopic (exact) mass is 246 g/mol. The highest BCUT2D eigenvalue weighted by atomic mass is 19.1. The van der Waals surface area contributed by atoms with Gasteiger partial charge in [-0.2, -0.15) is 0 Å². The molecule has 0 radical (unpaired) electrons. The van der Waals surface area contributed by atoms with E-state index in [0.717, 1.165) is 0 Å². The van der Waals surface area contributed by atoms with Crippen LogP contribution in [0.5, 0.6) is 5.75 Å². The summed E-state index contributed by atoms with van der Waals surface area (Å²) in [6.45, 7) is 1.52. The van der Waals surface area contributed by atoms with Crippen molar-refractivity contribution in [2.75, 3.05) is 5.32 Å². The van der Waals surface area contributed by atoms with Gasteiger partial charge in [0.2, 0.25) is 0 Å². The lowest BCUT2D eigenvalue weighted by atomic mass is 10.3. The highest BCUT2D eigenvalue weighted by molar-refractivity contribution is 5.85. The van der Waals surface area contributed by atoms with E-state index in [0.29, 0.717) is 5.75 Å². The average molecular weight is 246 g/mol. The second-order valence-electron chi connectivity index (χ2n) is 3.59. The van der Waals surface area contributed by atoms with E-state index in [4.69, 9.17) is 4.74 Å². The first-order valence-electron chi connectivity index (χ1n) is 5.32. The highest BCUT2D eigenvalue weighted by Crippen LogP contribution is 2.11. The largest absolute Gasteiger partial charge is 0.418 e. The lowest BCUT2D eigenvalue weighted by Gasteiger charge is -2.06. The van der Waals surface area contributed by atoms with Gasteiger partial charge in [0.1, 0.15) is 17.4 Å². The van der Waals surface area contributed by atoms with E-state index >= 15 is 0 Å². The van der Waals surface area contributed by atoms with Crippen molar-refractivity contribution < 1.29 is 13.9 Å². The molecule has 18 heavy (non-hydrogen) atoms. The lowest BCUT2D eigenvalue weighted by Crippen LogP contribution is -2.17. The van der Waals surface area contributed by atoms with Gasteiger partial charge in [-0.25, -0.2) is 14.2 Å². The maximum Gasteiger partial charge on any atom is 0.418 e. The number of carbonyl (C=O) groups excluding carboxylic acids is 1. The van der Waals surface area contributed by atoms with Crippen molar-refractivity contribution in [1.82, 2.24) is 4.98 Å². The zero-order chi connectivity index (χ0) is 13.0. The fraction of sp³-hybridized carbons (Fsp3) is 0.0769. The predicted octanol–water partition coefficient (Wildman–Crippen LogP) is 3.14. The molecule has 0 spiro atoms. The van der Waals surface area contributed by atoms with Gasteiger partial charge in [0.25, 0.3) is 0 Å². The number of halogens is 1. The van der Waals surface area contributed by atoms with Crippen LogP contribution in [0.2, 0.25) is 0 Å². The van der Waals surface area contributed by atoms with Crippen LogP contribution in [-0.2, 0) is 0 Å². The van der Waals surface area contributed by atoms with Crippen LogP contribution in [0.4, 0.5) is 15.0 Å². The van der Waals surface area contributed by atoms with Crippen LogP contribution in [0, 0.1) is 12.7 Å². The smallest absolute Gasteiger partial charge is 0.410 e. The first-order chi connectivity index (χ1) is 8.65. The van der Waals surface area contributed by atoms with Gasteiger partial charge in [0.15, 0.2) is 0 Å². The summed E-state index contributed by atoms with van der Waals surface area (Å²) in [5, 5.41) is 2.42. The molecule has 1 amide bonds. The minimum absolute atomic E-state index is 0.215. The molecule has 0 aliphatic carbocycles. The molecule has 0 bridgehead atoms. The molecule has 2 aromatic rings. The quantitative estimate of drug-likeness (QED) is 0.885. The minimum Gasteiger partial charge on any atom is -0.410 e. The van der Waals surface area contributed by atoms with Gasteiger partial charge in [-0.15, -0.1) is 0 Å². The Hall–Kier alpha value is -2.43. The molecule has 1 aromatic heterocycles. The zero-order valence-corrected chi connectivity index (χ0v) is 9.68. The van der Waals surface area contributed by atoms with Crippen molar-refractivity contribution in [3.8, 4) is 5.75 Å². The summed E-state index contributed by atoms with van der Waals surface area (Å²) < 4.78 is 18.0. The summed E-state index contributed by atoms with van der Waals surface area (Å²) in [5.74, 6) is 0.251. The average Bonchev–Trinajstić information content (AvgIpc) is 2.35. The van der Waals surface area contributed by atoms with Crippen molar-refractivity contribution in [1.29, 1.82) is 0 Å². The number of hydrogen-bond acceptors (Lipinski definition) is 3. The number of carbonyl (C=O) groups is 1. The molecule has 1 heterocycles. The van der Waals surface area contributed by atoms with E-state index in [2.05, 4.69) is 10.3 Å². The van der Waals surface area contributed by atoms with Gasteiger partial charge < -0.3 is 4.74 Å². The fourth-order valence-corrected chi connectivity index (χ4v) is 1.34. The Kier molecular flexibility index (Phi) is 3.52. The number of aromatic nitrogens is 1. The summed E-state index contributed by atoms with van der Waals surface area (Å²) in [4.78, 5) is 15.4. The molecule has 0 fully saturated rings. The molecule has 1 aromatic carbocycles. The number of pyridine rings is 1. The Morgan fingerprint density at radius 3 is 2.61 bits per heavy atom. The standard InChI is InChI=1S/C13H11FN2O2/c1-9-11(14)7-8-12(15-9)16-13(17)18-10-5-3-2-4-6-10/h2-8H,1H3,(H,15,16,17). The molecule has 0 aliphatic heterocycles. The Balaban J connectivity index is 2.01. The number of aryl methyl sites for hydroxylation is 1. The molecular formula is C13H11FN2O2. The van der Waals surface area contributed by atoms with Crippen molar-refractivity contribution in [2.24, 2.45) is 0 Å². The number of rotatable bonds is 2. The van der Waals surface area contributed by atoms with Crippen LogP contribution in [0.1, 0.15) is 5.69 Å². The first-order valence-corrected chi connectivity index (χ1v) is 5.32. The van der Waals surface area contributed by atoms with Gasteiger partial charge in [-0.05, 0) is 31.2 Å². The summed E-state index contributed by atoms with van der Waals surface area (Å²) in [7, 11) is 0. The Bertz CT molecular complexity index is 558. The van der Waals surface area contributed by atoms with E-state index < -0.39 is 11.9 Å². The molecule has 5 heteroatoms. The molecule has 2 rings (SSSR count). The molecule has 4 nitrogen and oxygen atoms in total. The number of para-hydroxylation sites is 1. The second kappa shape index (κ2) is 5.27. The molecule has 0 unspecified atom stereocenters. The number of nitrogens with one attached hydrogen (secondary N) is 1. The van der Waals surface area contributed by atoms with E-state index in [9.17, 15) is 9.18 Å². The normalized spacial score (nSPS) is 9.89. The van der Waals surface area contributed by atoms with Crippen LogP contribution >= 0.6 is 0 Å². The van der Waals surface area contributed by atoms with Gasteiger partial charge >= 0.3 is 6.09 Å². The third-order valence-corrected chi connectivity index (χ3v) is 2.21. The number of ether oxygens (including phenoxy) is 1. The molecule has 0 atom stereocenters. The van der Waals surface area contributed by atoms with E-state index in [1.807, 2.05) is 6.07 Å². The third kappa shape index (κ3) is 3.04. The summed E-state index contributed by atoms with van der Waals surface area (Å²) in [5.41, 5.74) is 0.215. The third-order valence-electron chi connectivity index (χ3n) is 2.21. The van der Waals surface area contributed by atoms with E-state index in [-0.39, 0.29) is 11.5 Å². The van der Waals surface area contributed by atoms with E-state index in [1.54, 1.807) is 24.3 Å². The Morgan fingerprint density at radius 1 is 1.22 bits per heavy atom. The number of nitrogens with zero attached hydrogens (tertiary/aromatic N) is 1. The van der Waals surface area contributed by atoms with Gasteiger partial charge in [-0.1, -0.05) is 18.2 Å². The van der Waals surface area contributed by atoms with E-state index in [1.165, 1.54) is 19.1 Å². The highest BCUT2D eigenvalue weighted by Gasteiger charge is 2.07. The molecule has 0 saturated heterocycles. The molecule has 0 saturated carbocycles. The summed E-state index contributed by atoms with van der Waals surface area (Å²) in [6.07, 6.45) is -0.667. The number of amides is 1. The van der Waals surface area contributed by atoms with Gasteiger partial charge in [0, 0.05) is 0 Å². The Morgan fingerprint density at radius 2 is 1.94 bits per heavy atom. The molecule has 1 N–H and O–H groups in total. The van der Waals surface area contributed by atoms with Crippen molar-refractivity contribution in [3.63, 3.8) is 0 Å². The SMILES string of the molecule is Cc1nc(NC(=O)Oc2ccccc2)ccc1F. The van der Waals surface area contributed by atoms with Crippen molar-refractivity contribution in [2.45, 2.75) is 6.92 Å². The number of hydrogen-bond donors (Lipinski definition) is 1. The number of benzene rings is 1. The van der Waals surface area contributed by atoms with Crippen LogP contribution in [-0.4, -0.2) is 11.1 Å². The topological polar surface area (TPSA) is 51.2 Å². The minimum atomic E-state index is -0.667. The van der Waals surface area contributed by atoms with Crippen LogP contribution in [0.25, 0.3) is 0 Å². The van der Waals surface area contributed by atoms with Crippen LogP contribution in [0.15, 0.2) is 42.5 Å². The van der Waals surface area contributed by atoms with Gasteiger partial charge in [-0.3, -0.25) is 5.32 Å². The van der Waals surface area contributed by atoms with Crippen LogP contribution < -0.4 is 10.1 Å². The molecule has 0 aliphatic rings. The lowest BCUT2D eigenvalue weighted by molar-refractivity contribution is 0.215. The molecular weight excluding hydrogens is 235 g/mol. The fourth-order valence-electron chi connectivity index (χ4n) is 1.34. The zero-order valence-electron chi connectivity index (χ0n) is 9.68. The Labute approximate surface area is 103 Å². The van der Waals surface area contributed by atoms with Crippen molar-refractivity contribution in [3.05, 3.63) is 54.0 Å². The molecule has 92 valence electrons. The summed E-state index contributed by atoms with van der Waals surface area (Å²) in [6, 6.07) is 11.2. The van der Waals surface area contributed by atoms with Gasteiger partial charge in [0.05, 0.1) is 5.69 Å². The second-order valence-corrected chi connectivity index (χ2v) is 3.59. The maximum absolute atomic E-state index is 13.0. The number of anilines is 1. The van der Waals surface area contributed by atoms with Crippen molar-refractivity contribution >= 4 is 11.9 Å². The van der Waals surface area contributed by atoms with Crippen LogP contribution in [0.3, 0.4) is 0 Å². The summed E-state index contributed by atoms with van der Waals surface area (Å²) >= 11 is 0. The maximum atomic E-state index is 13.0. The predicted molar refractivity (Wildman–Crippen MR) is 65.0 cm³/mol. The first kappa shape index (κ1) is 12.0.